The van der Waals surface area contributed by atoms with Gasteiger partial charge in [0.05, 0.1) is 0 Å². The molecule has 1 saturated heterocycles. The van der Waals surface area contributed by atoms with E-state index in [9.17, 15) is 9.59 Å². The highest BCUT2D eigenvalue weighted by Crippen LogP contribution is 2.24. The molecule has 1 aliphatic heterocycles. The van der Waals surface area contributed by atoms with Crippen molar-refractivity contribution in [2.24, 2.45) is 11.8 Å². The molecule has 1 fully saturated rings. The van der Waals surface area contributed by atoms with Crippen LogP contribution in [0.15, 0.2) is 40.8 Å². The Morgan fingerprint density at radius 3 is 2.46 bits per heavy atom. The highest BCUT2D eigenvalue weighted by molar-refractivity contribution is 6.03. The summed E-state index contributed by atoms with van der Waals surface area (Å²) < 4.78 is 5.43. The van der Waals surface area contributed by atoms with Crippen LogP contribution in [0.25, 0.3) is 6.08 Å². The SMILES string of the molecule is Cc1ccc(C=CC(=O)Nc2cc(C(=O)N3CC(C)CC(C)C3)ccc2C)o1. The van der Waals surface area contributed by atoms with Gasteiger partial charge in [0.2, 0.25) is 5.91 Å². The van der Waals surface area contributed by atoms with Crippen molar-refractivity contribution in [1.29, 1.82) is 0 Å². The first-order chi connectivity index (χ1) is 13.3. The first kappa shape index (κ1) is 19.9. The molecule has 1 N–H and O–H groups in total. The second-order valence-corrected chi connectivity index (χ2v) is 7.96. The highest BCUT2D eigenvalue weighted by Gasteiger charge is 2.26. The van der Waals surface area contributed by atoms with Crippen molar-refractivity contribution in [2.45, 2.75) is 34.1 Å². The van der Waals surface area contributed by atoms with Crippen LogP contribution >= 0.6 is 0 Å². The van der Waals surface area contributed by atoms with E-state index in [0.717, 1.165) is 30.8 Å². The molecule has 0 radical (unpaired) electrons. The molecular formula is C23H28N2O3. The number of piperidine rings is 1. The Balaban J connectivity index is 1.71. The fraction of sp³-hybridized carbons (Fsp3) is 0.391. The summed E-state index contributed by atoms with van der Waals surface area (Å²) in [5.74, 6) is 2.20. The van der Waals surface area contributed by atoms with E-state index in [1.165, 1.54) is 6.08 Å². The van der Waals surface area contributed by atoms with Crippen LogP contribution in [0.4, 0.5) is 5.69 Å². The van der Waals surface area contributed by atoms with Gasteiger partial charge in [-0.3, -0.25) is 9.59 Å². The van der Waals surface area contributed by atoms with Crippen LogP contribution in [0.2, 0.25) is 0 Å². The minimum absolute atomic E-state index is 0.0236. The maximum absolute atomic E-state index is 12.9. The van der Waals surface area contributed by atoms with E-state index in [0.29, 0.717) is 28.8 Å². The average molecular weight is 380 g/mol. The van der Waals surface area contributed by atoms with Crippen LogP contribution in [-0.2, 0) is 4.79 Å². The van der Waals surface area contributed by atoms with Crippen molar-refractivity contribution in [1.82, 2.24) is 4.90 Å². The van der Waals surface area contributed by atoms with Crippen molar-refractivity contribution < 1.29 is 14.0 Å². The minimum atomic E-state index is -0.262. The van der Waals surface area contributed by atoms with Gasteiger partial charge in [0.25, 0.3) is 5.91 Å². The Labute approximate surface area is 166 Å². The molecule has 0 bridgehead atoms. The average Bonchev–Trinajstić information content (AvgIpc) is 3.06. The largest absolute Gasteiger partial charge is 0.462 e. The zero-order chi connectivity index (χ0) is 20.3. The number of amides is 2. The fourth-order valence-corrected chi connectivity index (χ4v) is 3.78. The van der Waals surface area contributed by atoms with Gasteiger partial charge < -0.3 is 14.6 Å². The molecule has 5 heteroatoms. The molecule has 0 saturated carbocycles. The lowest BCUT2D eigenvalue weighted by atomic mass is 9.91. The second kappa shape index (κ2) is 8.46. The molecule has 2 heterocycles. The normalized spacial score (nSPS) is 19.8. The van der Waals surface area contributed by atoms with Crippen LogP contribution < -0.4 is 5.32 Å². The van der Waals surface area contributed by atoms with Gasteiger partial charge in [0.15, 0.2) is 0 Å². The van der Waals surface area contributed by atoms with Crippen LogP contribution in [0.3, 0.4) is 0 Å². The molecule has 1 aliphatic rings. The number of hydrogen-bond acceptors (Lipinski definition) is 3. The van der Waals surface area contributed by atoms with Crippen LogP contribution in [0.5, 0.6) is 0 Å². The molecule has 3 rings (SSSR count). The van der Waals surface area contributed by atoms with E-state index in [1.807, 2.05) is 43.0 Å². The molecule has 1 aromatic carbocycles. The van der Waals surface area contributed by atoms with Crippen molar-refractivity contribution in [3.8, 4) is 0 Å². The van der Waals surface area contributed by atoms with Gasteiger partial charge in [0, 0.05) is 30.4 Å². The second-order valence-electron chi connectivity index (χ2n) is 7.96. The quantitative estimate of drug-likeness (QED) is 0.784. The smallest absolute Gasteiger partial charge is 0.253 e. The fourth-order valence-electron chi connectivity index (χ4n) is 3.78. The number of nitrogens with one attached hydrogen (secondary N) is 1. The number of likely N-dealkylation sites (tertiary alicyclic amines) is 1. The summed E-state index contributed by atoms with van der Waals surface area (Å²) in [4.78, 5) is 27.1. The number of nitrogens with zero attached hydrogens (tertiary/aromatic N) is 1. The summed E-state index contributed by atoms with van der Waals surface area (Å²) in [6, 6.07) is 9.13. The molecule has 0 aliphatic carbocycles. The summed E-state index contributed by atoms with van der Waals surface area (Å²) >= 11 is 0. The van der Waals surface area contributed by atoms with Gasteiger partial charge in [-0.2, -0.15) is 0 Å². The van der Waals surface area contributed by atoms with Gasteiger partial charge >= 0.3 is 0 Å². The molecule has 28 heavy (non-hydrogen) atoms. The van der Waals surface area contributed by atoms with E-state index >= 15 is 0 Å². The summed E-state index contributed by atoms with van der Waals surface area (Å²) in [6.45, 7) is 9.70. The van der Waals surface area contributed by atoms with Gasteiger partial charge in [-0.15, -0.1) is 0 Å². The first-order valence-electron chi connectivity index (χ1n) is 9.77. The van der Waals surface area contributed by atoms with Crippen LogP contribution in [0, 0.1) is 25.7 Å². The molecule has 0 spiro atoms. The Hall–Kier alpha value is -2.82. The van der Waals surface area contributed by atoms with Crippen molar-refractivity contribution in [2.75, 3.05) is 18.4 Å². The molecule has 1 aromatic heterocycles. The van der Waals surface area contributed by atoms with E-state index in [2.05, 4.69) is 19.2 Å². The lowest BCUT2D eigenvalue weighted by Crippen LogP contribution is -2.42. The topological polar surface area (TPSA) is 62.6 Å². The van der Waals surface area contributed by atoms with Gasteiger partial charge in [-0.1, -0.05) is 19.9 Å². The van der Waals surface area contributed by atoms with Crippen molar-refractivity contribution in [3.05, 3.63) is 59.1 Å². The van der Waals surface area contributed by atoms with E-state index in [1.54, 1.807) is 12.1 Å². The minimum Gasteiger partial charge on any atom is -0.462 e. The van der Waals surface area contributed by atoms with E-state index in [-0.39, 0.29) is 11.8 Å². The predicted molar refractivity (Wildman–Crippen MR) is 111 cm³/mol. The van der Waals surface area contributed by atoms with Crippen LogP contribution in [-0.4, -0.2) is 29.8 Å². The van der Waals surface area contributed by atoms with E-state index in [4.69, 9.17) is 4.42 Å². The number of rotatable bonds is 4. The van der Waals surface area contributed by atoms with Gasteiger partial charge in [0.1, 0.15) is 11.5 Å². The van der Waals surface area contributed by atoms with Gasteiger partial charge in [-0.05, 0) is 68.0 Å². The summed E-state index contributed by atoms with van der Waals surface area (Å²) in [5, 5.41) is 2.86. The van der Waals surface area contributed by atoms with E-state index < -0.39 is 0 Å². The maximum Gasteiger partial charge on any atom is 0.253 e. The monoisotopic (exact) mass is 380 g/mol. The van der Waals surface area contributed by atoms with Crippen molar-refractivity contribution >= 4 is 23.6 Å². The molecule has 2 amide bonds. The van der Waals surface area contributed by atoms with Crippen LogP contribution in [0.1, 0.15) is 47.7 Å². The first-order valence-corrected chi connectivity index (χ1v) is 9.77. The standard InChI is InChI=1S/C23H28N2O3/c1-15-11-16(2)14-25(13-15)23(27)19-7-5-17(3)21(12-19)24-22(26)10-9-20-8-6-18(4)28-20/h5-10,12,15-16H,11,13-14H2,1-4H3,(H,24,26). The number of aryl methyl sites for hydroxylation is 2. The number of anilines is 1. The molecular weight excluding hydrogens is 352 g/mol. The Morgan fingerprint density at radius 2 is 1.82 bits per heavy atom. The maximum atomic E-state index is 12.9. The predicted octanol–water partition coefficient (Wildman–Crippen LogP) is 4.67. The third kappa shape index (κ3) is 4.91. The Kier molecular flexibility index (Phi) is 6.02. The molecule has 2 aromatic rings. The highest BCUT2D eigenvalue weighted by atomic mass is 16.3. The lowest BCUT2D eigenvalue weighted by molar-refractivity contribution is -0.111. The number of carbonyl (C=O) groups excluding carboxylic acids is 2. The Bertz CT molecular complexity index is 887. The summed E-state index contributed by atoms with van der Waals surface area (Å²) in [7, 11) is 0. The molecule has 2 unspecified atom stereocenters. The molecule has 148 valence electrons. The zero-order valence-corrected chi connectivity index (χ0v) is 17.0. The number of furan rings is 1. The third-order valence-electron chi connectivity index (χ3n) is 5.06. The summed E-state index contributed by atoms with van der Waals surface area (Å²) in [5.41, 5.74) is 2.16. The van der Waals surface area contributed by atoms with Gasteiger partial charge in [-0.25, -0.2) is 0 Å². The lowest BCUT2D eigenvalue weighted by Gasteiger charge is -2.35. The number of benzene rings is 1. The molecule has 2 atom stereocenters. The zero-order valence-electron chi connectivity index (χ0n) is 17.0. The van der Waals surface area contributed by atoms with Crippen molar-refractivity contribution in [3.63, 3.8) is 0 Å². The molecule has 5 nitrogen and oxygen atoms in total. The number of hydrogen-bond donors (Lipinski definition) is 1. The number of carbonyl (C=O) groups is 2. The Morgan fingerprint density at radius 1 is 1.11 bits per heavy atom. The third-order valence-corrected chi connectivity index (χ3v) is 5.06. The summed E-state index contributed by atoms with van der Waals surface area (Å²) in [6.07, 6.45) is 4.21.